The minimum atomic E-state index is -1.80. The zero-order valence-corrected chi connectivity index (χ0v) is 19.7. The third kappa shape index (κ3) is 5.76. The molecule has 2 unspecified atom stereocenters. The molecule has 190 valence electrons. The van der Waals surface area contributed by atoms with Gasteiger partial charge in [-0.1, -0.05) is 38.7 Å². The van der Waals surface area contributed by atoms with Gasteiger partial charge in [-0.25, -0.2) is 26.3 Å². The third-order valence-electron chi connectivity index (χ3n) is 7.60. The Bertz CT molecular complexity index is 1040. The van der Waals surface area contributed by atoms with E-state index < -0.39 is 46.0 Å². The third-order valence-corrected chi connectivity index (χ3v) is 7.60. The van der Waals surface area contributed by atoms with Crippen LogP contribution < -0.4 is 0 Å². The molecule has 35 heavy (non-hydrogen) atoms. The highest BCUT2D eigenvalue weighted by Crippen LogP contribution is 2.42. The number of rotatable bonds is 6. The molecule has 2 aliphatic rings. The summed E-state index contributed by atoms with van der Waals surface area (Å²) in [5.74, 6) is -7.45. The van der Waals surface area contributed by atoms with E-state index in [4.69, 9.17) is 4.74 Å². The van der Waals surface area contributed by atoms with Gasteiger partial charge < -0.3 is 4.74 Å². The Hall–Kier alpha value is -2.28. The molecule has 0 radical (unpaired) electrons. The molecule has 7 heteroatoms. The van der Waals surface area contributed by atoms with Crippen molar-refractivity contribution >= 4 is 11.7 Å². The van der Waals surface area contributed by atoms with Crippen molar-refractivity contribution < 1.29 is 31.1 Å². The van der Waals surface area contributed by atoms with Crippen LogP contribution in [0.1, 0.15) is 81.1 Å². The van der Waals surface area contributed by atoms with Crippen molar-refractivity contribution in [1.29, 1.82) is 0 Å². The van der Waals surface area contributed by atoms with Crippen molar-refractivity contribution in [3.8, 4) is 0 Å². The van der Waals surface area contributed by atoms with Crippen molar-refractivity contribution in [2.75, 3.05) is 6.61 Å². The lowest BCUT2D eigenvalue weighted by Crippen LogP contribution is -2.29. The van der Waals surface area contributed by atoms with E-state index in [2.05, 4.69) is 6.92 Å². The minimum absolute atomic E-state index is 0.322. The Morgan fingerprint density at radius 3 is 2.03 bits per heavy atom. The largest absolute Gasteiger partial charge is 0.373 e. The van der Waals surface area contributed by atoms with Gasteiger partial charge in [-0.05, 0) is 73.3 Å². The molecule has 1 nitrogen and oxygen atoms in total. The van der Waals surface area contributed by atoms with Gasteiger partial charge in [0.1, 0.15) is 5.82 Å². The SMILES string of the molecule is CCCC1CCC(C2CCC(c3ccc(C(F)=C(F)c4cc(F)c(F)c(F)c4)c(F)c3)OC2)CC1. The van der Waals surface area contributed by atoms with Crippen LogP contribution in [0.4, 0.5) is 26.3 Å². The first kappa shape index (κ1) is 25.8. The van der Waals surface area contributed by atoms with Crippen LogP contribution in [0.15, 0.2) is 30.3 Å². The number of hydrogen-bond acceptors (Lipinski definition) is 1. The maximum Gasteiger partial charge on any atom is 0.194 e. The summed E-state index contributed by atoms with van der Waals surface area (Å²) >= 11 is 0. The summed E-state index contributed by atoms with van der Waals surface area (Å²) < 4.78 is 89.8. The molecule has 1 saturated heterocycles. The van der Waals surface area contributed by atoms with Gasteiger partial charge >= 0.3 is 0 Å². The fourth-order valence-corrected chi connectivity index (χ4v) is 5.60. The summed E-state index contributed by atoms with van der Waals surface area (Å²) in [6.45, 7) is 2.83. The molecule has 0 N–H and O–H groups in total. The van der Waals surface area contributed by atoms with E-state index in [0.29, 0.717) is 36.1 Å². The van der Waals surface area contributed by atoms with Gasteiger partial charge in [-0.15, -0.1) is 0 Å². The van der Waals surface area contributed by atoms with Crippen LogP contribution >= 0.6 is 0 Å². The molecule has 2 fully saturated rings. The monoisotopic (exact) mass is 496 g/mol. The molecular weight excluding hydrogens is 466 g/mol. The molecule has 2 aromatic carbocycles. The molecule has 4 rings (SSSR count). The Morgan fingerprint density at radius 1 is 0.800 bits per heavy atom. The first-order chi connectivity index (χ1) is 16.8. The molecule has 0 aromatic heterocycles. The molecule has 0 spiro atoms. The summed E-state index contributed by atoms with van der Waals surface area (Å²) in [5.41, 5.74) is -1.01. The van der Waals surface area contributed by atoms with Crippen LogP contribution in [-0.4, -0.2) is 6.61 Å². The van der Waals surface area contributed by atoms with Gasteiger partial charge in [0.25, 0.3) is 0 Å². The summed E-state index contributed by atoms with van der Waals surface area (Å²) in [6.07, 6.45) is 8.90. The fraction of sp³-hybridized carbons (Fsp3) is 0.500. The summed E-state index contributed by atoms with van der Waals surface area (Å²) in [6, 6.07) is 4.30. The zero-order chi connectivity index (χ0) is 25.1. The van der Waals surface area contributed by atoms with Crippen LogP contribution in [0.3, 0.4) is 0 Å². The van der Waals surface area contributed by atoms with E-state index in [1.165, 1.54) is 44.6 Å². The fourth-order valence-electron chi connectivity index (χ4n) is 5.60. The van der Waals surface area contributed by atoms with Gasteiger partial charge in [0, 0.05) is 11.1 Å². The summed E-state index contributed by atoms with van der Waals surface area (Å²) in [5, 5.41) is 0. The van der Waals surface area contributed by atoms with E-state index in [-0.39, 0.29) is 6.10 Å². The van der Waals surface area contributed by atoms with E-state index in [9.17, 15) is 26.3 Å². The first-order valence-electron chi connectivity index (χ1n) is 12.4. The molecule has 1 saturated carbocycles. The lowest BCUT2D eigenvalue weighted by atomic mass is 9.73. The van der Waals surface area contributed by atoms with Gasteiger partial charge in [-0.2, -0.15) is 0 Å². The van der Waals surface area contributed by atoms with Crippen LogP contribution in [0.5, 0.6) is 0 Å². The predicted octanol–water partition coefficient (Wildman–Crippen LogP) is 9.08. The highest BCUT2D eigenvalue weighted by Gasteiger charge is 2.32. The summed E-state index contributed by atoms with van der Waals surface area (Å²) in [4.78, 5) is 0. The second-order valence-corrected chi connectivity index (χ2v) is 9.85. The highest BCUT2D eigenvalue weighted by atomic mass is 19.2. The Morgan fingerprint density at radius 2 is 1.46 bits per heavy atom. The predicted molar refractivity (Wildman–Crippen MR) is 124 cm³/mol. The number of ether oxygens (including phenoxy) is 1. The van der Waals surface area contributed by atoms with Crippen LogP contribution in [0, 0.1) is 41.0 Å². The standard InChI is InChI=1S/C28H30F6O/c1-2-3-16-4-6-17(7-5-16)19-9-11-25(35-15-19)18-8-10-21(22(29)12-18)27(33)26(32)20-13-23(30)28(34)24(31)14-20/h8,10,12-14,16-17,19,25H,2-7,9,11,15H2,1H3. The zero-order valence-electron chi connectivity index (χ0n) is 19.7. The van der Waals surface area contributed by atoms with Gasteiger partial charge in [0.05, 0.1) is 12.7 Å². The molecule has 2 aromatic rings. The van der Waals surface area contributed by atoms with Gasteiger partial charge in [-0.3, -0.25) is 0 Å². The highest BCUT2D eigenvalue weighted by molar-refractivity contribution is 5.83. The number of hydrogen-bond donors (Lipinski definition) is 0. The molecule has 0 amide bonds. The Balaban J connectivity index is 1.41. The molecule has 2 atom stereocenters. The lowest BCUT2D eigenvalue weighted by molar-refractivity contribution is -0.0405. The normalized spacial score (nSPS) is 25.9. The van der Waals surface area contributed by atoms with Crippen molar-refractivity contribution in [3.05, 3.63) is 70.3 Å². The van der Waals surface area contributed by atoms with Crippen molar-refractivity contribution in [2.45, 2.75) is 64.4 Å². The maximum absolute atomic E-state index is 14.7. The Labute approximate surface area is 202 Å². The van der Waals surface area contributed by atoms with Crippen molar-refractivity contribution in [3.63, 3.8) is 0 Å². The summed E-state index contributed by atoms with van der Waals surface area (Å²) in [7, 11) is 0. The van der Waals surface area contributed by atoms with Gasteiger partial charge in [0.15, 0.2) is 29.1 Å². The van der Waals surface area contributed by atoms with E-state index >= 15 is 0 Å². The lowest BCUT2D eigenvalue weighted by Gasteiger charge is -2.38. The first-order valence-corrected chi connectivity index (χ1v) is 12.4. The topological polar surface area (TPSA) is 9.23 Å². The number of benzene rings is 2. The second kappa shape index (κ2) is 11.2. The second-order valence-electron chi connectivity index (χ2n) is 9.85. The molecule has 1 heterocycles. The Kier molecular flexibility index (Phi) is 8.25. The maximum atomic E-state index is 14.7. The molecular formula is C28H30F6O. The molecule has 0 bridgehead atoms. The van der Waals surface area contributed by atoms with E-state index in [1.807, 2.05) is 0 Å². The van der Waals surface area contributed by atoms with Gasteiger partial charge in [0.2, 0.25) is 0 Å². The van der Waals surface area contributed by atoms with Crippen LogP contribution in [0.25, 0.3) is 11.7 Å². The van der Waals surface area contributed by atoms with Crippen molar-refractivity contribution in [1.82, 2.24) is 0 Å². The number of halogens is 6. The minimum Gasteiger partial charge on any atom is -0.373 e. The van der Waals surface area contributed by atoms with E-state index in [1.54, 1.807) is 0 Å². The van der Waals surface area contributed by atoms with E-state index in [0.717, 1.165) is 30.9 Å². The molecule has 1 aliphatic heterocycles. The molecule has 1 aliphatic carbocycles. The van der Waals surface area contributed by atoms with Crippen LogP contribution in [0.2, 0.25) is 0 Å². The average Bonchev–Trinajstić information content (AvgIpc) is 2.87. The smallest absolute Gasteiger partial charge is 0.194 e. The van der Waals surface area contributed by atoms with Crippen LogP contribution in [-0.2, 0) is 4.74 Å². The average molecular weight is 497 g/mol. The van der Waals surface area contributed by atoms with Crippen molar-refractivity contribution in [2.24, 2.45) is 17.8 Å². The quantitative estimate of drug-likeness (QED) is 0.220.